The topological polar surface area (TPSA) is 56.5 Å². The highest BCUT2D eigenvalue weighted by molar-refractivity contribution is 5.08. The lowest BCUT2D eigenvalue weighted by Crippen LogP contribution is -2.07. The first-order chi connectivity index (χ1) is 11.9. The lowest BCUT2D eigenvalue weighted by atomic mass is 10.1. The summed E-state index contributed by atoms with van der Waals surface area (Å²) in [7, 11) is 0. The molecule has 0 radical (unpaired) electrons. The first-order valence-corrected chi connectivity index (χ1v) is 9.55. The summed E-state index contributed by atoms with van der Waals surface area (Å²) in [6.07, 6.45) is 16.0. The monoisotopic (exact) mass is 329 g/mol. The van der Waals surface area contributed by atoms with Gasteiger partial charge in [0.25, 0.3) is 0 Å². The summed E-state index contributed by atoms with van der Waals surface area (Å²) in [5.41, 5.74) is 1.01. The maximum Gasteiger partial charge on any atom is 0.157 e. The highest BCUT2D eigenvalue weighted by atomic mass is 15.5. The molecule has 5 heteroatoms. The van der Waals surface area contributed by atoms with Crippen molar-refractivity contribution >= 4 is 0 Å². The molecule has 0 amide bonds. The van der Waals surface area contributed by atoms with Gasteiger partial charge >= 0.3 is 0 Å². The molecule has 0 aliphatic carbocycles. The summed E-state index contributed by atoms with van der Waals surface area (Å²) >= 11 is 0. The summed E-state index contributed by atoms with van der Waals surface area (Å²) in [5.74, 6) is 0.907. The number of nitrogens with zero attached hydrogens (tertiary/aromatic N) is 5. The van der Waals surface area contributed by atoms with Gasteiger partial charge in [0, 0.05) is 18.4 Å². The fraction of sp³-hybridized carbons (Fsp3) is 0.684. The van der Waals surface area contributed by atoms with E-state index in [4.69, 9.17) is 0 Å². The molecule has 24 heavy (non-hydrogen) atoms. The number of rotatable bonds is 13. The number of hydrogen-bond donors (Lipinski definition) is 0. The van der Waals surface area contributed by atoms with Crippen molar-refractivity contribution in [3.63, 3.8) is 0 Å². The lowest BCUT2D eigenvalue weighted by Gasteiger charge is -2.05. The third kappa shape index (κ3) is 7.20. The second kappa shape index (κ2) is 11.7. The van der Waals surface area contributed by atoms with Crippen molar-refractivity contribution in [2.75, 3.05) is 0 Å². The molecular formula is C19H31N5. The summed E-state index contributed by atoms with van der Waals surface area (Å²) in [4.78, 5) is 4.34. The fourth-order valence-electron chi connectivity index (χ4n) is 2.94. The minimum atomic E-state index is 0.700. The standard InChI is InChI=1S/C19H31N5/c1-2-3-4-5-6-7-8-9-10-13-16-24-19(21-22-23-24)17-18-14-11-12-15-20-18/h11-12,14-15H,2-10,13,16-17H2,1H3. The Balaban J connectivity index is 1.56. The highest BCUT2D eigenvalue weighted by Gasteiger charge is 2.07. The van der Waals surface area contributed by atoms with Gasteiger partial charge in [0.15, 0.2) is 5.82 Å². The van der Waals surface area contributed by atoms with Gasteiger partial charge < -0.3 is 0 Å². The van der Waals surface area contributed by atoms with Crippen molar-refractivity contribution < 1.29 is 0 Å². The zero-order valence-electron chi connectivity index (χ0n) is 15.0. The van der Waals surface area contributed by atoms with Gasteiger partial charge in [-0.3, -0.25) is 4.98 Å². The molecule has 0 bridgehead atoms. The van der Waals surface area contributed by atoms with Gasteiger partial charge in [-0.25, -0.2) is 4.68 Å². The van der Waals surface area contributed by atoms with Crippen molar-refractivity contribution in [2.45, 2.75) is 84.1 Å². The van der Waals surface area contributed by atoms with Gasteiger partial charge in [-0.2, -0.15) is 0 Å². The Morgan fingerprint density at radius 1 is 0.875 bits per heavy atom. The smallest absolute Gasteiger partial charge is 0.157 e. The minimum Gasteiger partial charge on any atom is -0.261 e. The molecule has 2 aromatic rings. The van der Waals surface area contributed by atoms with E-state index in [9.17, 15) is 0 Å². The van der Waals surface area contributed by atoms with Gasteiger partial charge in [0.1, 0.15) is 0 Å². The average Bonchev–Trinajstić information content (AvgIpc) is 3.04. The van der Waals surface area contributed by atoms with E-state index in [1.54, 1.807) is 0 Å². The second-order valence-electron chi connectivity index (χ2n) is 6.50. The van der Waals surface area contributed by atoms with Crippen LogP contribution in [0.1, 0.15) is 82.7 Å². The SMILES string of the molecule is CCCCCCCCCCCCn1nnnc1Cc1ccccn1. The molecule has 0 saturated carbocycles. The van der Waals surface area contributed by atoms with E-state index in [-0.39, 0.29) is 0 Å². The minimum absolute atomic E-state index is 0.700. The van der Waals surface area contributed by atoms with E-state index in [1.165, 1.54) is 57.8 Å². The molecule has 0 aromatic carbocycles. The molecule has 2 heterocycles. The molecule has 5 nitrogen and oxygen atoms in total. The number of tetrazole rings is 1. The molecule has 0 unspecified atom stereocenters. The average molecular weight is 329 g/mol. The van der Waals surface area contributed by atoms with Crippen molar-refractivity contribution in [1.82, 2.24) is 25.2 Å². The first kappa shape index (κ1) is 18.6. The summed E-state index contributed by atoms with van der Waals surface area (Å²) < 4.78 is 1.93. The van der Waals surface area contributed by atoms with Crippen LogP contribution in [-0.4, -0.2) is 25.2 Å². The second-order valence-corrected chi connectivity index (χ2v) is 6.50. The van der Waals surface area contributed by atoms with E-state index < -0.39 is 0 Å². The Morgan fingerprint density at radius 2 is 1.58 bits per heavy atom. The van der Waals surface area contributed by atoms with Crippen LogP contribution in [0.15, 0.2) is 24.4 Å². The first-order valence-electron chi connectivity index (χ1n) is 9.55. The van der Waals surface area contributed by atoms with Gasteiger partial charge in [0.05, 0.1) is 6.42 Å². The molecule has 0 aliphatic heterocycles. The summed E-state index contributed by atoms with van der Waals surface area (Å²) in [6.45, 7) is 3.18. The predicted molar refractivity (Wildman–Crippen MR) is 96.7 cm³/mol. The fourth-order valence-corrected chi connectivity index (χ4v) is 2.94. The van der Waals surface area contributed by atoms with Crippen LogP contribution in [0.25, 0.3) is 0 Å². The van der Waals surface area contributed by atoms with E-state index in [0.717, 1.165) is 24.5 Å². The molecule has 132 valence electrons. The Morgan fingerprint density at radius 3 is 2.25 bits per heavy atom. The molecular weight excluding hydrogens is 298 g/mol. The summed E-state index contributed by atoms with van der Waals surface area (Å²) in [6, 6.07) is 5.94. The van der Waals surface area contributed by atoms with E-state index in [2.05, 4.69) is 27.4 Å². The predicted octanol–water partition coefficient (Wildman–Crippen LogP) is 4.58. The molecule has 0 aliphatic rings. The Hall–Kier alpha value is -1.78. The maximum absolute atomic E-state index is 4.34. The number of aromatic nitrogens is 5. The Bertz CT molecular complexity index is 538. The van der Waals surface area contributed by atoms with Crippen molar-refractivity contribution in [1.29, 1.82) is 0 Å². The van der Waals surface area contributed by atoms with Crippen molar-refractivity contribution in [3.8, 4) is 0 Å². The van der Waals surface area contributed by atoms with Crippen LogP contribution in [0, 0.1) is 0 Å². The number of aryl methyl sites for hydroxylation is 1. The van der Waals surface area contributed by atoms with Crippen molar-refractivity contribution in [2.24, 2.45) is 0 Å². The number of hydrogen-bond acceptors (Lipinski definition) is 4. The van der Waals surface area contributed by atoms with E-state index in [1.807, 2.05) is 29.1 Å². The van der Waals surface area contributed by atoms with Gasteiger partial charge in [-0.15, -0.1) is 5.10 Å². The zero-order valence-corrected chi connectivity index (χ0v) is 15.0. The van der Waals surface area contributed by atoms with E-state index in [0.29, 0.717) is 6.42 Å². The highest BCUT2D eigenvalue weighted by Crippen LogP contribution is 2.11. The Labute approximate surface area is 145 Å². The molecule has 2 rings (SSSR count). The molecule has 0 saturated heterocycles. The molecule has 0 N–H and O–H groups in total. The third-order valence-corrected chi connectivity index (χ3v) is 4.39. The number of pyridine rings is 1. The van der Waals surface area contributed by atoms with Crippen LogP contribution in [-0.2, 0) is 13.0 Å². The lowest BCUT2D eigenvalue weighted by molar-refractivity contribution is 0.498. The zero-order chi connectivity index (χ0) is 16.9. The molecule has 2 aromatic heterocycles. The maximum atomic E-state index is 4.34. The van der Waals surface area contributed by atoms with Gasteiger partial charge in [0.2, 0.25) is 0 Å². The molecule has 0 fully saturated rings. The largest absolute Gasteiger partial charge is 0.261 e. The van der Waals surface area contributed by atoms with Crippen LogP contribution in [0.2, 0.25) is 0 Å². The van der Waals surface area contributed by atoms with Crippen LogP contribution < -0.4 is 0 Å². The number of unbranched alkanes of at least 4 members (excludes halogenated alkanes) is 9. The molecule has 0 atom stereocenters. The van der Waals surface area contributed by atoms with Crippen LogP contribution in [0.3, 0.4) is 0 Å². The summed E-state index contributed by atoms with van der Waals surface area (Å²) in [5, 5.41) is 12.1. The van der Waals surface area contributed by atoms with Gasteiger partial charge in [-0.05, 0) is 29.0 Å². The Kier molecular flexibility index (Phi) is 9.05. The van der Waals surface area contributed by atoms with E-state index >= 15 is 0 Å². The van der Waals surface area contributed by atoms with Crippen LogP contribution in [0.4, 0.5) is 0 Å². The molecule has 0 spiro atoms. The van der Waals surface area contributed by atoms with Crippen LogP contribution in [0.5, 0.6) is 0 Å². The van der Waals surface area contributed by atoms with Crippen molar-refractivity contribution in [3.05, 3.63) is 35.9 Å². The quantitative estimate of drug-likeness (QED) is 0.505. The normalized spacial score (nSPS) is 11.0. The van der Waals surface area contributed by atoms with Crippen LogP contribution >= 0.6 is 0 Å². The third-order valence-electron chi connectivity index (χ3n) is 4.39. The van der Waals surface area contributed by atoms with Gasteiger partial charge in [-0.1, -0.05) is 70.8 Å².